The zero-order valence-electron chi connectivity index (χ0n) is 17.7. The molecular weight excluding hydrogens is 372 g/mol. The maximum atomic E-state index is 11.5. The van der Waals surface area contributed by atoms with E-state index in [2.05, 4.69) is 6.92 Å². The van der Waals surface area contributed by atoms with Crippen molar-refractivity contribution in [3.8, 4) is 0 Å². The van der Waals surface area contributed by atoms with Gasteiger partial charge in [0.05, 0.1) is 0 Å². The van der Waals surface area contributed by atoms with Gasteiger partial charge in [0.25, 0.3) is 10.1 Å². The topological polar surface area (TPSA) is 63.6 Å². The molecule has 0 spiro atoms. The first-order valence-electron chi connectivity index (χ1n) is 11.2. The summed E-state index contributed by atoms with van der Waals surface area (Å²) in [5, 5.41) is 0. The largest absolute Gasteiger partial charge is 0.355 e. The van der Waals surface area contributed by atoms with Gasteiger partial charge >= 0.3 is 0 Å². The van der Waals surface area contributed by atoms with Crippen molar-refractivity contribution in [3.63, 3.8) is 0 Å². The predicted molar refractivity (Wildman–Crippen MR) is 117 cm³/mol. The normalized spacial score (nSPS) is 12.9. The molecule has 4 nitrogen and oxygen atoms in total. The zero-order chi connectivity index (χ0) is 20.5. The summed E-state index contributed by atoms with van der Waals surface area (Å²) >= 11 is 0. The van der Waals surface area contributed by atoms with Crippen molar-refractivity contribution in [2.24, 2.45) is 0 Å². The van der Waals surface area contributed by atoms with Gasteiger partial charge in [-0.25, -0.2) is 0 Å². The monoisotopic (exact) mass is 412 g/mol. The van der Waals surface area contributed by atoms with Crippen LogP contribution >= 0.6 is 0 Å². The molecule has 0 aliphatic carbocycles. The van der Waals surface area contributed by atoms with Crippen LogP contribution in [0.2, 0.25) is 0 Å². The summed E-state index contributed by atoms with van der Waals surface area (Å²) in [6.07, 6.45) is 17.9. The third kappa shape index (κ3) is 12.5. The van der Waals surface area contributed by atoms with Crippen LogP contribution in [-0.4, -0.2) is 19.6 Å². The molecule has 1 aromatic rings. The van der Waals surface area contributed by atoms with Gasteiger partial charge < -0.3 is 4.74 Å². The van der Waals surface area contributed by atoms with Gasteiger partial charge in [0.1, 0.15) is 0 Å². The van der Waals surface area contributed by atoms with Crippen molar-refractivity contribution in [1.82, 2.24) is 0 Å². The first-order valence-corrected chi connectivity index (χ1v) is 12.7. The van der Waals surface area contributed by atoms with E-state index in [4.69, 9.17) is 4.74 Å². The van der Waals surface area contributed by atoms with Gasteiger partial charge in [-0.15, -0.1) is 0 Å². The lowest BCUT2D eigenvalue weighted by atomic mass is 10.0. The highest BCUT2D eigenvalue weighted by Gasteiger charge is 2.25. The molecule has 0 radical (unpaired) electrons. The van der Waals surface area contributed by atoms with Gasteiger partial charge in [-0.3, -0.25) is 4.55 Å². The van der Waals surface area contributed by atoms with Crippen LogP contribution in [0, 0.1) is 0 Å². The van der Waals surface area contributed by atoms with Crippen LogP contribution in [0.15, 0.2) is 30.3 Å². The lowest BCUT2D eigenvalue weighted by molar-refractivity contribution is 0.0955. The molecule has 0 saturated heterocycles. The van der Waals surface area contributed by atoms with Crippen molar-refractivity contribution in [1.29, 1.82) is 0 Å². The first kappa shape index (κ1) is 25.1. The highest BCUT2D eigenvalue weighted by Crippen LogP contribution is 2.23. The van der Waals surface area contributed by atoms with Gasteiger partial charge in [-0.2, -0.15) is 8.42 Å². The molecule has 0 heterocycles. The average Bonchev–Trinajstić information content (AvgIpc) is 2.67. The Balaban J connectivity index is 1.98. The highest BCUT2D eigenvalue weighted by atomic mass is 32.2. The van der Waals surface area contributed by atoms with Crippen LogP contribution in [0.5, 0.6) is 0 Å². The van der Waals surface area contributed by atoms with Crippen LogP contribution in [0.1, 0.15) is 108 Å². The Bertz CT molecular complexity index is 572. The molecule has 0 bridgehead atoms. The lowest BCUT2D eigenvalue weighted by Crippen LogP contribution is -2.16. The number of ether oxygens (including phenoxy) is 1. The molecule has 1 N–H and O–H groups in total. The summed E-state index contributed by atoms with van der Waals surface area (Å²) in [6, 6.07) is 8.60. The van der Waals surface area contributed by atoms with Gasteiger partial charge in [0.15, 0.2) is 0 Å². The van der Waals surface area contributed by atoms with Crippen molar-refractivity contribution in [2.45, 2.75) is 102 Å². The number of hydrogen-bond acceptors (Lipinski definition) is 3. The maximum Gasteiger partial charge on any atom is 0.296 e. The van der Waals surface area contributed by atoms with Gasteiger partial charge in [0, 0.05) is 6.61 Å². The Morgan fingerprint density at radius 1 is 0.750 bits per heavy atom. The zero-order valence-corrected chi connectivity index (χ0v) is 18.5. The van der Waals surface area contributed by atoms with E-state index >= 15 is 0 Å². The Hall–Kier alpha value is -0.910. The molecule has 1 unspecified atom stereocenters. The summed E-state index contributed by atoms with van der Waals surface area (Å²) in [6.45, 7) is 2.60. The SMILES string of the molecule is CCCCCCCCCCCCCCCCOC(c1ccccc1)S(=O)(=O)O. The fraction of sp³-hybridized carbons (Fsp3) is 0.739. The Kier molecular flexibility index (Phi) is 14.3. The molecule has 0 aromatic heterocycles. The summed E-state index contributed by atoms with van der Waals surface area (Å²) < 4.78 is 37.9. The molecule has 28 heavy (non-hydrogen) atoms. The van der Waals surface area contributed by atoms with Gasteiger partial charge in [-0.05, 0) is 12.0 Å². The van der Waals surface area contributed by atoms with E-state index in [9.17, 15) is 13.0 Å². The number of hydrogen-bond donors (Lipinski definition) is 1. The Morgan fingerprint density at radius 2 is 1.18 bits per heavy atom. The standard InChI is InChI=1S/C23H40O4S/c1-2-3-4-5-6-7-8-9-10-11-12-13-14-18-21-27-23(28(24,25)26)22-19-16-15-17-20-22/h15-17,19-20,23H,2-14,18,21H2,1H3,(H,24,25,26). The van der Waals surface area contributed by atoms with E-state index in [1.54, 1.807) is 30.3 Å². The van der Waals surface area contributed by atoms with E-state index in [1.165, 1.54) is 70.6 Å². The molecule has 5 heteroatoms. The second-order valence-electron chi connectivity index (χ2n) is 7.72. The second-order valence-corrected chi connectivity index (χ2v) is 9.18. The van der Waals surface area contributed by atoms with Crippen molar-refractivity contribution in [3.05, 3.63) is 35.9 Å². The molecule has 162 valence electrons. The molecule has 0 fully saturated rings. The minimum atomic E-state index is -4.26. The molecule has 1 rings (SSSR count). The smallest absolute Gasteiger partial charge is 0.296 e. The predicted octanol–water partition coefficient (Wildman–Crippen LogP) is 7.07. The molecule has 0 saturated carbocycles. The molecule has 0 amide bonds. The van der Waals surface area contributed by atoms with Crippen LogP contribution in [0.4, 0.5) is 0 Å². The third-order valence-corrected chi connectivity index (χ3v) is 6.06. The van der Waals surface area contributed by atoms with E-state index in [1.807, 2.05) is 0 Å². The van der Waals surface area contributed by atoms with Gasteiger partial charge in [0.2, 0.25) is 5.44 Å². The number of rotatable bonds is 18. The Labute approximate surface area is 172 Å². The Morgan fingerprint density at radius 3 is 1.61 bits per heavy atom. The molecule has 0 aliphatic heterocycles. The van der Waals surface area contributed by atoms with E-state index in [0.717, 1.165) is 19.3 Å². The van der Waals surface area contributed by atoms with Crippen LogP contribution in [0.3, 0.4) is 0 Å². The van der Waals surface area contributed by atoms with Gasteiger partial charge in [-0.1, -0.05) is 121 Å². The van der Waals surface area contributed by atoms with Crippen LogP contribution < -0.4 is 0 Å². The molecule has 1 aromatic carbocycles. The molecule has 1 atom stereocenters. The van der Waals surface area contributed by atoms with Crippen LogP contribution in [0.25, 0.3) is 0 Å². The average molecular weight is 413 g/mol. The minimum Gasteiger partial charge on any atom is -0.355 e. The molecular formula is C23H40O4S. The van der Waals surface area contributed by atoms with Crippen LogP contribution in [-0.2, 0) is 14.9 Å². The number of unbranched alkanes of at least 4 members (excludes halogenated alkanes) is 13. The van der Waals surface area contributed by atoms with E-state index in [0.29, 0.717) is 12.2 Å². The summed E-state index contributed by atoms with van der Waals surface area (Å²) in [5.74, 6) is 0. The lowest BCUT2D eigenvalue weighted by Gasteiger charge is -2.15. The summed E-state index contributed by atoms with van der Waals surface area (Å²) in [7, 11) is -4.26. The van der Waals surface area contributed by atoms with Crippen molar-refractivity contribution < 1.29 is 17.7 Å². The fourth-order valence-corrected chi connectivity index (χ4v) is 4.22. The van der Waals surface area contributed by atoms with Crippen molar-refractivity contribution in [2.75, 3.05) is 6.61 Å². The second kappa shape index (κ2) is 15.9. The third-order valence-electron chi connectivity index (χ3n) is 5.11. The van der Waals surface area contributed by atoms with E-state index in [-0.39, 0.29) is 0 Å². The molecule has 0 aliphatic rings. The summed E-state index contributed by atoms with van der Waals surface area (Å²) in [4.78, 5) is 0. The maximum absolute atomic E-state index is 11.5. The summed E-state index contributed by atoms with van der Waals surface area (Å²) in [5.41, 5.74) is -0.814. The van der Waals surface area contributed by atoms with E-state index < -0.39 is 15.6 Å². The number of benzene rings is 1. The van der Waals surface area contributed by atoms with Crippen molar-refractivity contribution >= 4 is 10.1 Å². The first-order chi connectivity index (χ1) is 13.6. The quantitative estimate of drug-likeness (QED) is 0.207. The minimum absolute atomic E-state index is 0.345. The fourth-order valence-electron chi connectivity index (χ4n) is 3.45. The highest BCUT2D eigenvalue weighted by molar-refractivity contribution is 7.85.